The average Bonchev–Trinajstić information content (AvgIpc) is 2.96. The summed E-state index contributed by atoms with van der Waals surface area (Å²) >= 11 is 0. The number of carbonyl (C=O) groups excluding carboxylic acids is 1. The molecule has 3 nitrogen and oxygen atoms in total. The van der Waals surface area contributed by atoms with E-state index in [0.717, 1.165) is 5.69 Å². The highest BCUT2D eigenvalue weighted by atomic mass is 16.5. The Balaban J connectivity index is 2.11. The quantitative estimate of drug-likeness (QED) is 0.709. The van der Waals surface area contributed by atoms with Crippen molar-refractivity contribution in [3.63, 3.8) is 0 Å². The Bertz CT molecular complexity index is 364. The molecule has 1 saturated carbocycles. The molecule has 15 heavy (non-hydrogen) atoms. The van der Waals surface area contributed by atoms with Crippen molar-refractivity contribution in [3.05, 3.63) is 23.5 Å². The van der Waals surface area contributed by atoms with Crippen LogP contribution in [0.5, 0.6) is 0 Å². The topological polar surface area (TPSA) is 31.2 Å². The van der Waals surface area contributed by atoms with Gasteiger partial charge in [0.05, 0.1) is 6.61 Å². The minimum Gasteiger partial charge on any atom is -0.465 e. The summed E-state index contributed by atoms with van der Waals surface area (Å²) in [6, 6.07) is 4.21. The number of rotatable bonds is 4. The zero-order chi connectivity index (χ0) is 10.8. The molecule has 0 spiro atoms. The Labute approximate surface area is 90.0 Å². The van der Waals surface area contributed by atoms with E-state index in [1.807, 2.05) is 13.8 Å². The molecule has 0 radical (unpaired) electrons. The first-order valence-electron chi connectivity index (χ1n) is 5.54. The Kier molecular flexibility index (Phi) is 2.80. The summed E-state index contributed by atoms with van der Waals surface area (Å²) in [7, 11) is 0. The maximum Gasteiger partial charge on any atom is 0.325 e. The predicted octanol–water partition coefficient (Wildman–Crippen LogP) is 2.24. The summed E-state index contributed by atoms with van der Waals surface area (Å²) in [6.45, 7) is 4.68. The summed E-state index contributed by atoms with van der Waals surface area (Å²) in [5.41, 5.74) is 2.44. The standard InChI is InChI=1S/C12H17NO2/c1-3-15-12(14)8-13-9(2)4-7-11(13)10-5-6-10/h4,7,10H,3,5-6,8H2,1-2H3. The monoisotopic (exact) mass is 207 g/mol. The van der Waals surface area contributed by atoms with Gasteiger partial charge in [-0.3, -0.25) is 4.79 Å². The maximum atomic E-state index is 11.4. The highest BCUT2D eigenvalue weighted by Gasteiger charge is 2.27. The Hall–Kier alpha value is -1.25. The van der Waals surface area contributed by atoms with E-state index in [4.69, 9.17) is 4.74 Å². The van der Waals surface area contributed by atoms with Crippen LogP contribution in [-0.4, -0.2) is 17.1 Å². The van der Waals surface area contributed by atoms with Crippen LogP contribution >= 0.6 is 0 Å². The van der Waals surface area contributed by atoms with E-state index in [0.29, 0.717) is 19.1 Å². The number of hydrogen-bond acceptors (Lipinski definition) is 2. The molecule has 0 unspecified atom stereocenters. The van der Waals surface area contributed by atoms with Gasteiger partial charge in [-0.1, -0.05) is 0 Å². The summed E-state index contributed by atoms with van der Waals surface area (Å²) in [4.78, 5) is 11.4. The van der Waals surface area contributed by atoms with Crippen LogP contribution in [0.15, 0.2) is 12.1 Å². The average molecular weight is 207 g/mol. The first-order chi connectivity index (χ1) is 7.22. The second-order valence-corrected chi connectivity index (χ2v) is 4.07. The molecular formula is C12H17NO2. The van der Waals surface area contributed by atoms with Crippen molar-refractivity contribution in [2.45, 2.75) is 39.2 Å². The lowest BCUT2D eigenvalue weighted by Gasteiger charge is -2.10. The van der Waals surface area contributed by atoms with E-state index >= 15 is 0 Å². The summed E-state index contributed by atoms with van der Waals surface area (Å²) < 4.78 is 7.04. The third kappa shape index (κ3) is 2.22. The summed E-state index contributed by atoms with van der Waals surface area (Å²) in [6.07, 6.45) is 2.51. The third-order valence-electron chi connectivity index (χ3n) is 2.82. The normalized spacial score (nSPS) is 15.3. The molecule has 82 valence electrons. The van der Waals surface area contributed by atoms with Crippen molar-refractivity contribution in [3.8, 4) is 0 Å². The minimum atomic E-state index is -0.140. The van der Waals surface area contributed by atoms with Gasteiger partial charge in [-0.15, -0.1) is 0 Å². The molecule has 2 rings (SSSR count). The molecular weight excluding hydrogens is 190 g/mol. The van der Waals surface area contributed by atoms with Crippen LogP contribution in [0.25, 0.3) is 0 Å². The van der Waals surface area contributed by atoms with Crippen molar-refractivity contribution < 1.29 is 9.53 Å². The number of aromatic nitrogens is 1. The molecule has 0 bridgehead atoms. The molecule has 0 aromatic carbocycles. The summed E-state index contributed by atoms with van der Waals surface area (Å²) in [5, 5.41) is 0. The van der Waals surface area contributed by atoms with E-state index in [-0.39, 0.29) is 5.97 Å². The zero-order valence-corrected chi connectivity index (χ0v) is 9.32. The van der Waals surface area contributed by atoms with Crippen molar-refractivity contribution in [2.75, 3.05) is 6.61 Å². The molecule has 0 amide bonds. The van der Waals surface area contributed by atoms with Gasteiger partial charge in [0.2, 0.25) is 0 Å². The lowest BCUT2D eigenvalue weighted by Crippen LogP contribution is -2.15. The van der Waals surface area contributed by atoms with Crippen molar-refractivity contribution in [2.24, 2.45) is 0 Å². The molecule has 0 aliphatic heterocycles. The fraction of sp³-hybridized carbons (Fsp3) is 0.583. The van der Waals surface area contributed by atoms with Gasteiger partial charge in [0.1, 0.15) is 6.54 Å². The first-order valence-corrected chi connectivity index (χ1v) is 5.54. The molecule has 0 N–H and O–H groups in total. The molecule has 1 fully saturated rings. The van der Waals surface area contributed by atoms with Crippen LogP contribution in [0.4, 0.5) is 0 Å². The predicted molar refractivity (Wildman–Crippen MR) is 57.8 cm³/mol. The second-order valence-electron chi connectivity index (χ2n) is 4.07. The highest BCUT2D eigenvalue weighted by molar-refractivity contribution is 5.69. The number of hydrogen-bond donors (Lipinski definition) is 0. The van der Waals surface area contributed by atoms with Crippen molar-refractivity contribution in [1.82, 2.24) is 4.57 Å². The fourth-order valence-electron chi connectivity index (χ4n) is 1.88. The molecule has 1 aromatic heterocycles. The van der Waals surface area contributed by atoms with Gasteiger partial charge in [0, 0.05) is 11.4 Å². The zero-order valence-electron chi connectivity index (χ0n) is 9.32. The lowest BCUT2D eigenvalue weighted by atomic mass is 10.3. The van der Waals surface area contributed by atoms with Gasteiger partial charge in [-0.05, 0) is 44.7 Å². The van der Waals surface area contributed by atoms with Gasteiger partial charge in [0.25, 0.3) is 0 Å². The van der Waals surface area contributed by atoms with Gasteiger partial charge in [0.15, 0.2) is 0 Å². The van der Waals surface area contributed by atoms with E-state index in [2.05, 4.69) is 16.7 Å². The fourth-order valence-corrected chi connectivity index (χ4v) is 1.88. The van der Waals surface area contributed by atoms with E-state index < -0.39 is 0 Å². The van der Waals surface area contributed by atoms with Crippen LogP contribution in [0.2, 0.25) is 0 Å². The highest BCUT2D eigenvalue weighted by Crippen LogP contribution is 2.40. The Morgan fingerprint density at radius 3 is 2.87 bits per heavy atom. The minimum absolute atomic E-state index is 0.140. The molecule has 1 aliphatic rings. The van der Waals surface area contributed by atoms with Crippen molar-refractivity contribution >= 4 is 5.97 Å². The number of aryl methyl sites for hydroxylation is 1. The molecule has 1 heterocycles. The molecule has 3 heteroatoms. The van der Waals surface area contributed by atoms with Crippen LogP contribution in [-0.2, 0) is 16.1 Å². The van der Waals surface area contributed by atoms with E-state index in [9.17, 15) is 4.79 Å². The van der Waals surface area contributed by atoms with Gasteiger partial charge < -0.3 is 9.30 Å². The van der Waals surface area contributed by atoms with Crippen LogP contribution < -0.4 is 0 Å². The number of carbonyl (C=O) groups is 1. The smallest absolute Gasteiger partial charge is 0.325 e. The van der Waals surface area contributed by atoms with E-state index in [1.54, 1.807) is 0 Å². The molecule has 1 aliphatic carbocycles. The number of ether oxygens (including phenoxy) is 1. The van der Waals surface area contributed by atoms with Gasteiger partial charge in [-0.2, -0.15) is 0 Å². The van der Waals surface area contributed by atoms with Crippen LogP contribution in [0.3, 0.4) is 0 Å². The third-order valence-corrected chi connectivity index (χ3v) is 2.82. The number of nitrogens with zero attached hydrogens (tertiary/aromatic N) is 1. The Morgan fingerprint density at radius 2 is 2.27 bits per heavy atom. The number of esters is 1. The first kappa shape index (κ1) is 10.3. The molecule has 0 atom stereocenters. The largest absolute Gasteiger partial charge is 0.465 e. The van der Waals surface area contributed by atoms with E-state index in [1.165, 1.54) is 18.5 Å². The molecule has 1 aromatic rings. The lowest BCUT2D eigenvalue weighted by molar-refractivity contribution is -0.143. The van der Waals surface area contributed by atoms with Crippen LogP contribution in [0, 0.1) is 6.92 Å². The van der Waals surface area contributed by atoms with Gasteiger partial charge in [-0.25, -0.2) is 0 Å². The van der Waals surface area contributed by atoms with Crippen LogP contribution in [0.1, 0.15) is 37.1 Å². The van der Waals surface area contributed by atoms with Crippen molar-refractivity contribution in [1.29, 1.82) is 0 Å². The van der Waals surface area contributed by atoms with Gasteiger partial charge >= 0.3 is 5.97 Å². The Morgan fingerprint density at radius 1 is 1.53 bits per heavy atom. The second kappa shape index (κ2) is 4.09. The SMILES string of the molecule is CCOC(=O)Cn1c(C)ccc1C1CC1. The molecule has 0 saturated heterocycles. The maximum absolute atomic E-state index is 11.4. The summed E-state index contributed by atoms with van der Waals surface area (Å²) in [5.74, 6) is 0.534.